The molecule has 1 N–H and O–H groups in total. The summed E-state index contributed by atoms with van der Waals surface area (Å²) >= 11 is 0. The van der Waals surface area contributed by atoms with Gasteiger partial charge >= 0.3 is 6.18 Å². The van der Waals surface area contributed by atoms with Crippen molar-refractivity contribution in [3.05, 3.63) is 54.1 Å². The molecular weight excluding hydrogens is 421 g/mol. The fraction of sp³-hybridized carbons (Fsp3) is 0.350. The standard InChI is InChI=1S/C20H21F3N2O4S/c1-29-17-5-7-18(8-6-17)30(27,28)25-11-9-14(10-12-25)19(26)24-16-4-2-3-15(13-16)20(21,22)23/h2-8,13-14H,9-12H2,1H3,(H,24,26). The number of sulfonamides is 1. The number of carbonyl (C=O) groups is 1. The highest BCUT2D eigenvalue weighted by atomic mass is 32.2. The lowest BCUT2D eigenvalue weighted by molar-refractivity contribution is -0.137. The molecule has 0 radical (unpaired) electrons. The van der Waals surface area contributed by atoms with E-state index in [1.807, 2.05) is 0 Å². The number of methoxy groups -OCH3 is 1. The molecule has 0 spiro atoms. The van der Waals surface area contributed by atoms with E-state index in [0.29, 0.717) is 5.75 Å². The summed E-state index contributed by atoms with van der Waals surface area (Å²) in [5.74, 6) is -0.364. The predicted molar refractivity (Wildman–Crippen MR) is 105 cm³/mol. The molecule has 162 valence electrons. The maximum absolute atomic E-state index is 12.8. The van der Waals surface area contributed by atoms with E-state index in [0.717, 1.165) is 12.1 Å². The molecule has 1 heterocycles. The Morgan fingerprint density at radius 3 is 2.30 bits per heavy atom. The smallest absolute Gasteiger partial charge is 0.416 e. The van der Waals surface area contributed by atoms with Crippen LogP contribution in [0.4, 0.5) is 18.9 Å². The molecule has 30 heavy (non-hydrogen) atoms. The summed E-state index contributed by atoms with van der Waals surface area (Å²) < 4.78 is 70.3. The fourth-order valence-electron chi connectivity index (χ4n) is 3.27. The van der Waals surface area contributed by atoms with Crippen LogP contribution in [0.25, 0.3) is 0 Å². The van der Waals surface area contributed by atoms with Crippen molar-refractivity contribution in [1.29, 1.82) is 0 Å². The second-order valence-electron chi connectivity index (χ2n) is 6.92. The average molecular weight is 442 g/mol. The number of nitrogens with zero attached hydrogens (tertiary/aromatic N) is 1. The van der Waals surface area contributed by atoms with E-state index in [2.05, 4.69) is 5.32 Å². The van der Waals surface area contributed by atoms with Crippen LogP contribution in [-0.4, -0.2) is 38.8 Å². The highest BCUT2D eigenvalue weighted by Gasteiger charge is 2.33. The van der Waals surface area contributed by atoms with Crippen molar-refractivity contribution in [1.82, 2.24) is 4.31 Å². The molecule has 1 saturated heterocycles. The highest BCUT2D eigenvalue weighted by molar-refractivity contribution is 7.89. The third-order valence-electron chi connectivity index (χ3n) is 4.98. The second-order valence-corrected chi connectivity index (χ2v) is 8.86. The SMILES string of the molecule is COc1ccc(S(=O)(=O)N2CCC(C(=O)Nc3cccc(C(F)(F)F)c3)CC2)cc1. The zero-order valence-electron chi connectivity index (χ0n) is 16.1. The van der Waals surface area contributed by atoms with Gasteiger partial charge in [-0.15, -0.1) is 0 Å². The van der Waals surface area contributed by atoms with E-state index >= 15 is 0 Å². The second kappa shape index (κ2) is 8.65. The number of rotatable bonds is 5. The number of hydrogen-bond acceptors (Lipinski definition) is 4. The van der Waals surface area contributed by atoms with Gasteiger partial charge in [-0.1, -0.05) is 6.07 Å². The normalized spacial score (nSPS) is 16.3. The van der Waals surface area contributed by atoms with Crippen LogP contribution in [0.1, 0.15) is 18.4 Å². The Kier molecular flexibility index (Phi) is 6.37. The summed E-state index contributed by atoms with van der Waals surface area (Å²) in [5, 5.41) is 2.50. The summed E-state index contributed by atoms with van der Waals surface area (Å²) in [6.45, 7) is 0.296. The van der Waals surface area contributed by atoms with Crippen LogP contribution in [0.3, 0.4) is 0 Å². The Morgan fingerprint density at radius 2 is 1.73 bits per heavy atom. The van der Waals surface area contributed by atoms with Crippen LogP contribution in [0.2, 0.25) is 0 Å². The van der Waals surface area contributed by atoms with Gasteiger partial charge in [0.2, 0.25) is 15.9 Å². The molecule has 2 aromatic carbocycles. The van der Waals surface area contributed by atoms with Gasteiger partial charge in [-0.2, -0.15) is 17.5 Å². The molecule has 0 saturated carbocycles. The molecule has 1 aliphatic rings. The summed E-state index contributed by atoms with van der Waals surface area (Å²) in [6.07, 6.45) is -3.94. The molecule has 6 nitrogen and oxygen atoms in total. The van der Waals surface area contributed by atoms with Gasteiger partial charge in [0.15, 0.2) is 0 Å². The summed E-state index contributed by atoms with van der Waals surface area (Å²) in [4.78, 5) is 12.6. The van der Waals surface area contributed by atoms with Gasteiger partial charge in [0.05, 0.1) is 17.6 Å². The Bertz CT molecular complexity index is 999. The molecule has 0 aromatic heterocycles. The molecule has 0 atom stereocenters. The van der Waals surface area contributed by atoms with Crippen molar-refractivity contribution in [3.8, 4) is 5.75 Å². The number of alkyl halides is 3. The first-order chi connectivity index (χ1) is 14.1. The van der Waals surface area contributed by atoms with Gasteiger partial charge in [0, 0.05) is 24.7 Å². The van der Waals surface area contributed by atoms with Gasteiger partial charge in [0.1, 0.15) is 5.75 Å². The number of benzene rings is 2. The molecule has 1 amide bonds. The number of hydrogen-bond donors (Lipinski definition) is 1. The van der Waals surface area contributed by atoms with Crippen molar-refractivity contribution in [2.24, 2.45) is 5.92 Å². The Hall–Kier alpha value is -2.59. The van der Waals surface area contributed by atoms with E-state index in [1.165, 1.54) is 35.7 Å². The summed E-state index contributed by atoms with van der Waals surface area (Å²) in [6, 6.07) is 10.4. The minimum Gasteiger partial charge on any atom is -0.497 e. The first-order valence-corrected chi connectivity index (χ1v) is 10.7. The van der Waals surface area contributed by atoms with Crippen LogP contribution < -0.4 is 10.1 Å². The third-order valence-corrected chi connectivity index (χ3v) is 6.89. The zero-order chi connectivity index (χ0) is 21.9. The highest BCUT2D eigenvalue weighted by Crippen LogP contribution is 2.31. The Labute approximate surface area is 172 Å². The molecule has 10 heteroatoms. The molecule has 3 rings (SSSR count). The maximum Gasteiger partial charge on any atom is 0.416 e. The van der Waals surface area contributed by atoms with Crippen molar-refractivity contribution in [2.75, 3.05) is 25.5 Å². The van der Waals surface area contributed by atoms with Gasteiger partial charge in [-0.3, -0.25) is 4.79 Å². The van der Waals surface area contributed by atoms with Crippen molar-refractivity contribution in [3.63, 3.8) is 0 Å². The van der Waals surface area contributed by atoms with Gasteiger partial charge < -0.3 is 10.1 Å². The molecular formula is C20H21F3N2O4S. The molecule has 0 unspecified atom stereocenters. The largest absolute Gasteiger partial charge is 0.497 e. The van der Waals surface area contributed by atoms with E-state index in [1.54, 1.807) is 12.1 Å². The number of carbonyl (C=O) groups excluding carboxylic acids is 1. The maximum atomic E-state index is 12.8. The number of piperidine rings is 1. The Morgan fingerprint density at radius 1 is 1.10 bits per heavy atom. The first kappa shape index (κ1) is 22.1. The van der Waals surface area contributed by atoms with E-state index < -0.39 is 33.6 Å². The van der Waals surface area contributed by atoms with Crippen LogP contribution in [0.15, 0.2) is 53.4 Å². The van der Waals surface area contributed by atoms with Crippen LogP contribution >= 0.6 is 0 Å². The topological polar surface area (TPSA) is 75.7 Å². The number of ether oxygens (including phenoxy) is 1. The van der Waals surface area contributed by atoms with Crippen molar-refractivity contribution >= 4 is 21.6 Å². The van der Waals surface area contributed by atoms with Gasteiger partial charge in [0.25, 0.3) is 0 Å². The number of amides is 1. The van der Waals surface area contributed by atoms with E-state index in [4.69, 9.17) is 4.74 Å². The lowest BCUT2D eigenvalue weighted by atomic mass is 9.97. The molecule has 0 aliphatic carbocycles. The molecule has 1 aliphatic heterocycles. The lowest BCUT2D eigenvalue weighted by Gasteiger charge is -2.30. The molecule has 0 bridgehead atoms. The number of halogens is 3. The van der Waals surface area contributed by atoms with Crippen molar-refractivity contribution in [2.45, 2.75) is 23.9 Å². The monoisotopic (exact) mass is 442 g/mol. The van der Waals surface area contributed by atoms with Crippen LogP contribution in [0.5, 0.6) is 5.75 Å². The molecule has 2 aromatic rings. The summed E-state index contributed by atoms with van der Waals surface area (Å²) in [5.41, 5.74) is -0.788. The minimum absolute atomic E-state index is 0.0584. The third kappa shape index (κ3) is 4.93. The minimum atomic E-state index is -4.50. The fourth-order valence-corrected chi connectivity index (χ4v) is 4.74. The lowest BCUT2D eigenvalue weighted by Crippen LogP contribution is -2.41. The van der Waals surface area contributed by atoms with Gasteiger partial charge in [-0.25, -0.2) is 8.42 Å². The van der Waals surface area contributed by atoms with Crippen LogP contribution in [-0.2, 0) is 21.0 Å². The zero-order valence-corrected chi connectivity index (χ0v) is 17.0. The van der Waals surface area contributed by atoms with Crippen LogP contribution in [0, 0.1) is 5.92 Å². The van der Waals surface area contributed by atoms with Crippen molar-refractivity contribution < 1.29 is 31.1 Å². The van der Waals surface area contributed by atoms with E-state index in [-0.39, 0.29) is 36.5 Å². The average Bonchev–Trinajstić information content (AvgIpc) is 2.73. The first-order valence-electron chi connectivity index (χ1n) is 9.23. The summed E-state index contributed by atoms with van der Waals surface area (Å²) in [7, 11) is -2.21. The Balaban J connectivity index is 1.61. The number of nitrogens with one attached hydrogen (secondary N) is 1. The number of anilines is 1. The van der Waals surface area contributed by atoms with Gasteiger partial charge in [-0.05, 0) is 55.3 Å². The van der Waals surface area contributed by atoms with E-state index in [9.17, 15) is 26.4 Å². The quantitative estimate of drug-likeness (QED) is 0.765. The predicted octanol–water partition coefficient (Wildman–Crippen LogP) is 3.75. The molecule has 1 fully saturated rings.